The predicted molar refractivity (Wildman–Crippen MR) is 72.1 cm³/mol. The number of anilines is 2. The molecule has 3 N–H and O–H groups in total. The molecule has 0 aliphatic carbocycles. The lowest BCUT2D eigenvalue weighted by Crippen LogP contribution is -2.34. The van der Waals surface area contributed by atoms with Crippen molar-refractivity contribution >= 4 is 17.3 Å². The number of nitrogens with zero attached hydrogens (tertiary/aromatic N) is 1. The maximum atomic E-state index is 11.5. The van der Waals surface area contributed by atoms with Gasteiger partial charge >= 0.3 is 0 Å². The molecule has 1 unspecified atom stereocenters. The van der Waals surface area contributed by atoms with Gasteiger partial charge in [0, 0.05) is 32.0 Å². The summed E-state index contributed by atoms with van der Waals surface area (Å²) < 4.78 is 0. The summed E-state index contributed by atoms with van der Waals surface area (Å²) in [5.74, 6) is 0.0203. The maximum absolute atomic E-state index is 11.5. The molecule has 0 bridgehead atoms. The van der Waals surface area contributed by atoms with Crippen LogP contribution in [0.3, 0.4) is 0 Å². The van der Waals surface area contributed by atoms with E-state index in [2.05, 4.69) is 10.2 Å². The van der Waals surface area contributed by atoms with E-state index >= 15 is 0 Å². The van der Waals surface area contributed by atoms with Gasteiger partial charge in [-0.2, -0.15) is 0 Å². The van der Waals surface area contributed by atoms with Crippen molar-refractivity contribution in [1.29, 1.82) is 0 Å². The molecule has 4 heteroatoms. The van der Waals surface area contributed by atoms with Gasteiger partial charge in [0.05, 0.1) is 5.92 Å². The lowest BCUT2D eigenvalue weighted by Gasteiger charge is -2.24. The van der Waals surface area contributed by atoms with Gasteiger partial charge in [0.1, 0.15) is 0 Å². The Balaban J connectivity index is 2.76. The van der Waals surface area contributed by atoms with Crippen LogP contribution in [0.1, 0.15) is 12.5 Å². The van der Waals surface area contributed by atoms with Crippen molar-refractivity contribution in [1.82, 2.24) is 5.32 Å². The third kappa shape index (κ3) is 3.37. The van der Waals surface area contributed by atoms with Gasteiger partial charge in [-0.25, -0.2) is 0 Å². The first kappa shape index (κ1) is 13.4. The molecule has 0 fully saturated rings. The SMILES string of the molecule is CNC(=O)C(C)CN(C)c1ccc(N)cc1C. The average molecular weight is 235 g/mol. The summed E-state index contributed by atoms with van der Waals surface area (Å²) in [5.41, 5.74) is 8.71. The normalized spacial score (nSPS) is 12.0. The first-order valence-corrected chi connectivity index (χ1v) is 5.74. The topological polar surface area (TPSA) is 58.4 Å². The van der Waals surface area contributed by atoms with Crippen LogP contribution in [-0.2, 0) is 4.79 Å². The summed E-state index contributed by atoms with van der Waals surface area (Å²) in [7, 11) is 3.64. The van der Waals surface area contributed by atoms with Gasteiger partial charge in [-0.1, -0.05) is 6.92 Å². The Morgan fingerprint density at radius 1 is 1.53 bits per heavy atom. The van der Waals surface area contributed by atoms with E-state index in [9.17, 15) is 4.79 Å². The quantitative estimate of drug-likeness (QED) is 0.775. The van der Waals surface area contributed by atoms with Gasteiger partial charge in [0.2, 0.25) is 5.91 Å². The van der Waals surface area contributed by atoms with Crippen LogP contribution in [-0.4, -0.2) is 26.5 Å². The number of benzene rings is 1. The van der Waals surface area contributed by atoms with E-state index in [1.165, 1.54) is 0 Å². The van der Waals surface area contributed by atoms with Crippen molar-refractivity contribution < 1.29 is 4.79 Å². The highest BCUT2D eigenvalue weighted by molar-refractivity contribution is 5.78. The molecule has 1 amide bonds. The van der Waals surface area contributed by atoms with Gasteiger partial charge < -0.3 is 16.0 Å². The fraction of sp³-hybridized carbons (Fsp3) is 0.462. The molecule has 0 aromatic heterocycles. The lowest BCUT2D eigenvalue weighted by molar-refractivity contribution is -0.123. The molecule has 1 atom stereocenters. The van der Waals surface area contributed by atoms with E-state index < -0.39 is 0 Å². The van der Waals surface area contributed by atoms with Crippen LogP contribution in [0.15, 0.2) is 18.2 Å². The number of carbonyl (C=O) groups excluding carboxylic acids is 1. The summed E-state index contributed by atoms with van der Waals surface area (Å²) in [6, 6.07) is 5.81. The minimum Gasteiger partial charge on any atom is -0.399 e. The second kappa shape index (κ2) is 5.57. The molecular weight excluding hydrogens is 214 g/mol. The second-order valence-electron chi connectivity index (χ2n) is 4.44. The average Bonchev–Trinajstić information content (AvgIpc) is 2.27. The van der Waals surface area contributed by atoms with Crippen molar-refractivity contribution in [3.63, 3.8) is 0 Å². The highest BCUT2D eigenvalue weighted by Crippen LogP contribution is 2.21. The van der Waals surface area contributed by atoms with Crippen molar-refractivity contribution in [2.75, 3.05) is 31.3 Å². The lowest BCUT2D eigenvalue weighted by atomic mass is 10.1. The molecule has 0 spiro atoms. The third-order valence-electron chi connectivity index (χ3n) is 2.87. The molecule has 0 saturated carbocycles. The summed E-state index contributed by atoms with van der Waals surface area (Å²) >= 11 is 0. The summed E-state index contributed by atoms with van der Waals surface area (Å²) in [6.45, 7) is 4.62. The Morgan fingerprint density at radius 2 is 2.18 bits per heavy atom. The van der Waals surface area contributed by atoms with Crippen molar-refractivity contribution in [3.05, 3.63) is 23.8 Å². The minimum absolute atomic E-state index is 0.0399. The van der Waals surface area contributed by atoms with Crippen LogP contribution in [0.4, 0.5) is 11.4 Å². The molecule has 0 aliphatic rings. The second-order valence-corrected chi connectivity index (χ2v) is 4.44. The molecule has 0 heterocycles. The van der Waals surface area contributed by atoms with Gasteiger partial charge in [-0.05, 0) is 30.7 Å². The highest BCUT2D eigenvalue weighted by Gasteiger charge is 2.14. The van der Waals surface area contributed by atoms with E-state index in [0.29, 0.717) is 6.54 Å². The molecule has 17 heavy (non-hydrogen) atoms. The first-order chi connectivity index (χ1) is 7.95. The summed E-state index contributed by atoms with van der Waals surface area (Å²) in [6.07, 6.45) is 0. The molecule has 1 aromatic carbocycles. The van der Waals surface area contributed by atoms with Crippen LogP contribution < -0.4 is 16.0 Å². The number of nitrogens with two attached hydrogens (primary N) is 1. The number of hydrogen-bond acceptors (Lipinski definition) is 3. The van der Waals surface area contributed by atoms with Crippen LogP contribution in [0.2, 0.25) is 0 Å². The van der Waals surface area contributed by atoms with Crippen LogP contribution in [0.5, 0.6) is 0 Å². The molecule has 1 aromatic rings. The number of nitrogens with one attached hydrogen (secondary N) is 1. The van der Waals surface area contributed by atoms with E-state index in [-0.39, 0.29) is 11.8 Å². The van der Waals surface area contributed by atoms with Gasteiger partial charge in [-0.15, -0.1) is 0 Å². The van der Waals surface area contributed by atoms with Crippen LogP contribution in [0, 0.1) is 12.8 Å². The molecule has 94 valence electrons. The standard InChI is InChI=1S/C13H21N3O/c1-9-7-11(14)5-6-12(9)16(4)8-10(2)13(17)15-3/h5-7,10H,8,14H2,1-4H3,(H,15,17). The summed E-state index contributed by atoms with van der Waals surface area (Å²) in [4.78, 5) is 13.5. The Hall–Kier alpha value is -1.71. The van der Waals surface area contributed by atoms with Gasteiger partial charge in [-0.3, -0.25) is 4.79 Å². The van der Waals surface area contributed by atoms with Crippen LogP contribution >= 0.6 is 0 Å². The first-order valence-electron chi connectivity index (χ1n) is 5.74. The van der Waals surface area contributed by atoms with E-state index in [4.69, 9.17) is 5.73 Å². The van der Waals surface area contributed by atoms with Gasteiger partial charge in [0.15, 0.2) is 0 Å². The molecule has 1 rings (SSSR count). The number of carbonyl (C=O) groups is 1. The van der Waals surface area contributed by atoms with E-state index in [1.807, 2.05) is 39.1 Å². The summed E-state index contributed by atoms with van der Waals surface area (Å²) in [5, 5.41) is 2.66. The van der Waals surface area contributed by atoms with Crippen molar-refractivity contribution in [2.24, 2.45) is 5.92 Å². The van der Waals surface area contributed by atoms with Gasteiger partial charge in [0.25, 0.3) is 0 Å². The highest BCUT2D eigenvalue weighted by atomic mass is 16.1. The fourth-order valence-corrected chi connectivity index (χ4v) is 1.95. The maximum Gasteiger partial charge on any atom is 0.224 e. The van der Waals surface area contributed by atoms with Crippen molar-refractivity contribution in [3.8, 4) is 0 Å². The minimum atomic E-state index is -0.0399. The van der Waals surface area contributed by atoms with Crippen LogP contribution in [0.25, 0.3) is 0 Å². The Morgan fingerprint density at radius 3 is 2.71 bits per heavy atom. The number of hydrogen-bond donors (Lipinski definition) is 2. The molecule has 0 radical (unpaired) electrons. The molecule has 4 nitrogen and oxygen atoms in total. The zero-order chi connectivity index (χ0) is 13.0. The molecule has 0 aliphatic heterocycles. The monoisotopic (exact) mass is 235 g/mol. The zero-order valence-corrected chi connectivity index (χ0v) is 10.9. The number of nitrogen functional groups attached to an aromatic ring is 1. The van der Waals surface area contributed by atoms with Crippen molar-refractivity contribution in [2.45, 2.75) is 13.8 Å². The van der Waals surface area contributed by atoms with E-state index in [0.717, 1.165) is 16.9 Å². The fourth-order valence-electron chi connectivity index (χ4n) is 1.95. The Kier molecular flexibility index (Phi) is 4.37. The molecule has 0 saturated heterocycles. The number of aryl methyl sites for hydroxylation is 1. The predicted octanol–water partition coefficient (Wildman–Crippen LogP) is 1.40. The molecular formula is C13H21N3O. The van der Waals surface area contributed by atoms with E-state index in [1.54, 1.807) is 7.05 Å². The number of amides is 1. The zero-order valence-electron chi connectivity index (χ0n) is 10.9. The largest absolute Gasteiger partial charge is 0.399 e. The Labute approximate surface area is 103 Å². The number of rotatable bonds is 4. The third-order valence-corrected chi connectivity index (χ3v) is 2.87. The smallest absolute Gasteiger partial charge is 0.224 e. The Bertz CT molecular complexity index is 404.